The summed E-state index contributed by atoms with van der Waals surface area (Å²) in [6, 6.07) is 6.23. The van der Waals surface area contributed by atoms with Gasteiger partial charge in [0.1, 0.15) is 5.75 Å². The van der Waals surface area contributed by atoms with Gasteiger partial charge in [0.15, 0.2) is 15.1 Å². The summed E-state index contributed by atoms with van der Waals surface area (Å²) >= 11 is 0. The maximum absolute atomic E-state index is 11.9. The van der Waals surface area contributed by atoms with Crippen molar-refractivity contribution in [1.82, 2.24) is 0 Å². The molecule has 2 atom stereocenters. The molecule has 0 spiro atoms. The monoisotopic (exact) mass is 270 g/mol. The minimum Gasteiger partial charge on any atom is -0.508 e. The van der Waals surface area contributed by atoms with Crippen LogP contribution in [-0.2, 0) is 19.4 Å². The zero-order chi connectivity index (χ0) is 13.3. The molecule has 0 saturated carbocycles. The van der Waals surface area contributed by atoms with Crippen molar-refractivity contribution in [2.24, 2.45) is 0 Å². The highest BCUT2D eigenvalue weighted by Crippen LogP contribution is 2.36. The van der Waals surface area contributed by atoms with E-state index in [9.17, 15) is 18.3 Å². The first kappa shape index (κ1) is 12.9. The lowest BCUT2D eigenvalue weighted by atomic mass is 9.93. The van der Waals surface area contributed by atoms with Gasteiger partial charge in [-0.3, -0.25) is 4.79 Å². The molecule has 1 heterocycles. The second-order valence-corrected chi connectivity index (χ2v) is 6.54. The van der Waals surface area contributed by atoms with E-state index in [1.807, 2.05) is 0 Å². The number of phenols is 1. The first-order valence-corrected chi connectivity index (χ1v) is 7.25. The fraction of sp³-hybridized carbons (Fsp3) is 0.417. The number of ether oxygens (including phenoxy) is 1. The van der Waals surface area contributed by atoms with Gasteiger partial charge in [0.25, 0.3) is 0 Å². The van der Waals surface area contributed by atoms with Crippen LogP contribution in [0.3, 0.4) is 0 Å². The van der Waals surface area contributed by atoms with E-state index in [0.717, 1.165) is 5.56 Å². The van der Waals surface area contributed by atoms with Crippen LogP contribution in [-0.4, -0.2) is 37.6 Å². The molecule has 0 amide bonds. The van der Waals surface area contributed by atoms with Gasteiger partial charge in [0, 0.05) is 5.92 Å². The molecular weight excluding hydrogens is 256 g/mol. The highest BCUT2D eigenvalue weighted by atomic mass is 32.2. The summed E-state index contributed by atoms with van der Waals surface area (Å²) in [7, 11) is -2.26. The molecule has 6 heteroatoms. The van der Waals surface area contributed by atoms with E-state index in [-0.39, 0.29) is 11.5 Å². The van der Waals surface area contributed by atoms with Crippen molar-refractivity contribution in [2.45, 2.75) is 17.6 Å². The molecule has 1 aromatic carbocycles. The fourth-order valence-electron chi connectivity index (χ4n) is 2.31. The second-order valence-electron chi connectivity index (χ2n) is 4.30. The third-order valence-corrected chi connectivity index (χ3v) is 5.32. The summed E-state index contributed by atoms with van der Waals surface area (Å²) in [5.41, 5.74) is 0.726. The van der Waals surface area contributed by atoms with Gasteiger partial charge in [-0.25, -0.2) is 8.42 Å². The van der Waals surface area contributed by atoms with Gasteiger partial charge in [-0.05, 0) is 24.1 Å². The Hall–Kier alpha value is -1.56. The molecule has 1 N–H and O–H groups in total. The molecule has 0 radical (unpaired) electrons. The van der Waals surface area contributed by atoms with Crippen LogP contribution in [0, 0.1) is 0 Å². The Labute approximate surface area is 105 Å². The van der Waals surface area contributed by atoms with Crippen molar-refractivity contribution in [1.29, 1.82) is 0 Å². The van der Waals surface area contributed by atoms with E-state index in [1.54, 1.807) is 12.1 Å². The van der Waals surface area contributed by atoms with E-state index >= 15 is 0 Å². The first-order valence-electron chi connectivity index (χ1n) is 5.54. The van der Waals surface area contributed by atoms with Crippen molar-refractivity contribution < 1.29 is 23.1 Å². The molecule has 0 aliphatic carbocycles. The number of benzene rings is 1. The van der Waals surface area contributed by atoms with Crippen molar-refractivity contribution in [3.63, 3.8) is 0 Å². The van der Waals surface area contributed by atoms with E-state index in [2.05, 4.69) is 4.74 Å². The Morgan fingerprint density at radius 2 is 1.94 bits per heavy atom. The average molecular weight is 270 g/mol. The lowest BCUT2D eigenvalue weighted by Gasteiger charge is -2.16. The second kappa shape index (κ2) is 4.61. The molecule has 2 rings (SSSR count). The molecule has 1 aromatic rings. The topological polar surface area (TPSA) is 80.7 Å². The summed E-state index contributed by atoms with van der Waals surface area (Å²) in [4.78, 5) is 11.6. The van der Waals surface area contributed by atoms with Crippen LogP contribution in [0.25, 0.3) is 0 Å². The Bertz CT molecular complexity index is 546. The summed E-state index contributed by atoms with van der Waals surface area (Å²) in [5.74, 6) is -1.03. The number of rotatable bonds is 2. The predicted octanol–water partition coefficient (Wildman–Crippen LogP) is 0.836. The quantitative estimate of drug-likeness (QED) is 0.805. The molecule has 1 aliphatic heterocycles. The normalized spacial score (nSPS) is 25.8. The Morgan fingerprint density at radius 3 is 2.50 bits per heavy atom. The molecule has 18 heavy (non-hydrogen) atoms. The van der Waals surface area contributed by atoms with Crippen LogP contribution < -0.4 is 0 Å². The summed E-state index contributed by atoms with van der Waals surface area (Å²) in [5, 5.41) is 8.08. The highest BCUT2D eigenvalue weighted by Gasteiger charge is 2.46. The SMILES string of the molecule is COC(=O)[C@@H]1[C@@H](c2ccc(O)cc2)CCS1(=O)=O. The van der Waals surface area contributed by atoms with Crippen LogP contribution in [0.4, 0.5) is 0 Å². The van der Waals surface area contributed by atoms with E-state index in [1.165, 1.54) is 19.2 Å². The van der Waals surface area contributed by atoms with Crippen molar-refractivity contribution in [2.75, 3.05) is 12.9 Å². The van der Waals surface area contributed by atoms with Gasteiger partial charge in [0.2, 0.25) is 0 Å². The molecule has 1 fully saturated rings. The number of methoxy groups -OCH3 is 1. The van der Waals surface area contributed by atoms with Crippen molar-refractivity contribution in [3.05, 3.63) is 29.8 Å². The molecule has 1 saturated heterocycles. The van der Waals surface area contributed by atoms with Crippen molar-refractivity contribution in [3.8, 4) is 5.75 Å². The van der Waals surface area contributed by atoms with Crippen LogP contribution in [0.15, 0.2) is 24.3 Å². The minimum atomic E-state index is -3.44. The molecular formula is C12H14O5S. The van der Waals surface area contributed by atoms with Gasteiger partial charge in [0.05, 0.1) is 12.9 Å². The smallest absolute Gasteiger partial charge is 0.324 e. The zero-order valence-corrected chi connectivity index (χ0v) is 10.7. The average Bonchev–Trinajstić information content (AvgIpc) is 2.65. The van der Waals surface area contributed by atoms with Gasteiger partial charge in [-0.15, -0.1) is 0 Å². The standard InChI is InChI=1S/C12H14O5S/c1-17-12(14)11-10(6-7-18(11,15)16)8-2-4-9(13)5-3-8/h2-5,10-11,13H,6-7H2,1H3/t10-,11+/m1/s1. The number of carbonyl (C=O) groups is 1. The number of phenolic OH excluding ortho intramolecular Hbond substituents is 1. The van der Waals surface area contributed by atoms with Crippen molar-refractivity contribution >= 4 is 15.8 Å². The van der Waals surface area contributed by atoms with E-state index < -0.39 is 27.0 Å². The molecule has 0 bridgehead atoms. The largest absolute Gasteiger partial charge is 0.508 e. The Kier molecular flexibility index (Phi) is 3.30. The first-order chi connectivity index (χ1) is 8.45. The van der Waals surface area contributed by atoms with Gasteiger partial charge < -0.3 is 9.84 Å². The third kappa shape index (κ3) is 2.20. The summed E-state index contributed by atoms with van der Waals surface area (Å²) in [6.07, 6.45) is 0.396. The van der Waals surface area contributed by atoms with Crippen LogP contribution in [0.5, 0.6) is 5.75 Å². The molecule has 1 aliphatic rings. The maximum Gasteiger partial charge on any atom is 0.324 e. The number of hydrogen-bond acceptors (Lipinski definition) is 5. The number of carbonyl (C=O) groups excluding carboxylic acids is 1. The number of sulfone groups is 1. The predicted molar refractivity (Wildman–Crippen MR) is 65.1 cm³/mol. The number of esters is 1. The number of aromatic hydroxyl groups is 1. The van der Waals surface area contributed by atoms with Crippen LogP contribution >= 0.6 is 0 Å². The van der Waals surface area contributed by atoms with Crippen LogP contribution in [0.1, 0.15) is 17.9 Å². The van der Waals surface area contributed by atoms with Gasteiger partial charge in [-0.1, -0.05) is 12.1 Å². The molecule has 0 aromatic heterocycles. The lowest BCUT2D eigenvalue weighted by molar-refractivity contribution is -0.140. The highest BCUT2D eigenvalue weighted by molar-refractivity contribution is 7.93. The summed E-state index contributed by atoms with van der Waals surface area (Å²) < 4.78 is 28.3. The third-order valence-electron chi connectivity index (χ3n) is 3.22. The fourth-order valence-corrected chi connectivity index (χ4v) is 4.33. The lowest BCUT2D eigenvalue weighted by Crippen LogP contribution is -2.31. The van der Waals surface area contributed by atoms with E-state index in [4.69, 9.17) is 0 Å². The molecule has 0 unspecified atom stereocenters. The number of hydrogen-bond donors (Lipinski definition) is 1. The molecule has 5 nitrogen and oxygen atoms in total. The maximum atomic E-state index is 11.9. The van der Waals surface area contributed by atoms with Crippen LogP contribution in [0.2, 0.25) is 0 Å². The minimum absolute atomic E-state index is 0.0156. The zero-order valence-electron chi connectivity index (χ0n) is 9.87. The Balaban J connectivity index is 2.38. The molecule has 98 valence electrons. The van der Waals surface area contributed by atoms with Gasteiger partial charge >= 0.3 is 5.97 Å². The summed E-state index contributed by atoms with van der Waals surface area (Å²) in [6.45, 7) is 0. The Morgan fingerprint density at radius 1 is 1.33 bits per heavy atom. The van der Waals surface area contributed by atoms with Gasteiger partial charge in [-0.2, -0.15) is 0 Å². The van der Waals surface area contributed by atoms with E-state index in [0.29, 0.717) is 6.42 Å².